The van der Waals surface area contributed by atoms with Gasteiger partial charge in [-0.1, -0.05) is 15.9 Å². The van der Waals surface area contributed by atoms with Gasteiger partial charge in [-0.25, -0.2) is 13.1 Å². The molecule has 1 saturated heterocycles. The van der Waals surface area contributed by atoms with Gasteiger partial charge < -0.3 is 9.47 Å². The molecule has 7 heteroatoms. The van der Waals surface area contributed by atoms with Crippen LogP contribution >= 0.6 is 15.9 Å². The summed E-state index contributed by atoms with van der Waals surface area (Å²) >= 11 is 2.90. The van der Waals surface area contributed by atoms with Crippen LogP contribution in [0.25, 0.3) is 0 Å². The van der Waals surface area contributed by atoms with Crippen molar-refractivity contribution >= 4 is 26.0 Å². The van der Waals surface area contributed by atoms with Gasteiger partial charge in [0.05, 0.1) is 6.61 Å². The average Bonchev–Trinajstić information content (AvgIpc) is 2.65. The fraction of sp³-hybridized carbons (Fsp3) is 1.00. The van der Waals surface area contributed by atoms with Crippen molar-refractivity contribution in [3.05, 3.63) is 0 Å². The molecule has 0 amide bonds. The van der Waals surface area contributed by atoms with Gasteiger partial charge in [-0.2, -0.15) is 0 Å². The molecule has 0 spiro atoms. The summed E-state index contributed by atoms with van der Waals surface area (Å²) in [5, 5.41) is 0. The van der Waals surface area contributed by atoms with Crippen LogP contribution in [-0.4, -0.2) is 45.5 Å². The number of alkyl halides is 1. The maximum Gasteiger partial charge on any atom is 0.221 e. The molecule has 0 bridgehead atoms. The summed E-state index contributed by atoms with van der Waals surface area (Å²) in [4.78, 5) is 0. The Balaban J connectivity index is 2.50. The van der Waals surface area contributed by atoms with Crippen molar-refractivity contribution in [3.63, 3.8) is 0 Å². The first-order valence-electron chi connectivity index (χ1n) is 4.20. The van der Waals surface area contributed by atoms with Gasteiger partial charge >= 0.3 is 0 Å². The quantitative estimate of drug-likeness (QED) is 0.727. The maximum absolute atomic E-state index is 11.2. The highest BCUT2D eigenvalue weighted by Gasteiger charge is 2.35. The topological polar surface area (TPSA) is 64.6 Å². The van der Waals surface area contributed by atoms with E-state index in [-0.39, 0.29) is 11.2 Å². The lowest BCUT2D eigenvalue weighted by Crippen LogP contribution is -2.45. The van der Waals surface area contributed by atoms with Gasteiger partial charge in [0.15, 0.2) is 0 Å². The van der Waals surface area contributed by atoms with Crippen LogP contribution in [0.15, 0.2) is 0 Å². The van der Waals surface area contributed by atoms with Crippen LogP contribution in [-0.2, 0) is 19.5 Å². The Morgan fingerprint density at radius 3 is 2.79 bits per heavy atom. The molecular formula is C7H14BrNO4S. The number of methoxy groups -OCH3 is 1. The fourth-order valence-corrected chi connectivity index (χ4v) is 2.29. The van der Waals surface area contributed by atoms with Crippen LogP contribution < -0.4 is 4.72 Å². The minimum atomic E-state index is -3.22. The molecule has 0 aromatic rings. The average molecular weight is 288 g/mol. The van der Waals surface area contributed by atoms with Gasteiger partial charge in [0, 0.05) is 26.7 Å². The molecule has 0 aromatic heterocycles. The summed E-state index contributed by atoms with van der Waals surface area (Å²) in [7, 11) is -1.66. The molecule has 0 aliphatic carbocycles. The van der Waals surface area contributed by atoms with Crippen molar-refractivity contribution in [1.29, 1.82) is 0 Å². The van der Waals surface area contributed by atoms with Crippen molar-refractivity contribution in [3.8, 4) is 0 Å². The minimum Gasteiger partial charge on any atom is -0.378 e. The number of hydrogen-bond donors (Lipinski definition) is 1. The first-order chi connectivity index (χ1) is 6.54. The minimum absolute atomic E-state index is 0.0966. The van der Waals surface area contributed by atoms with Crippen LogP contribution in [0.4, 0.5) is 0 Å². The van der Waals surface area contributed by atoms with E-state index < -0.39 is 15.6 Å². The monoisotopic (exact) mass is 287 g/mol. The van der Waals surface area contributed by atoms with Crippen molar-refractivity contribution in [2.75, 3.05) is 31.5 Å². The van der Waals surface area contributed by atoms with Gasteiger partial charge in [-0.3, -0.25) is 0 Å². The van der Waals surface area contributed by atoms with Crippen molar-refractivity contribution in [2.24, 2.45) is 0 Å². The Labute approximate surface area is 92.3 Å². The second-order valence-corrected chi connectivity index (χ2v) is 6.34. The van der Waals surface area contributed by atoms with Gasteiger partial charge in [0.25, 0.3) is 0 Å². The molecule has 1 rings (SSSR count). The van der Waals surface area contributed by atoms with E-state index in [1.165, 1.54) is 0 Å². The SMILES string of the molecule is COC1(CNS(=O)(=O)CBr)CCOC1. The molecule has 14 heavy (non-hydrogen) atoms. The molecule has 1 atom stereocenters. The van der Waals surface area contributed by atoms with Crippen molar-refractivity contribution < 1.29 is 17.9 Å². The molecule has 84 valence electrons. The second-order valence-electron chi connectivity index (χ2n) is 3.23. The zero-order valence-electron chi connectivity index (χ0n) is 7.95. The molecule has 1 N–H and O–H groups in total. The molecule has 0 radical (unpaired) electrons. The Kier molecular flexibility index (Phi) is 4.32. The Hall–Kier alpha value is 0.310. The van der Waals surface area contributed by atoms with E-state index in [2.05, 4.69) is 20.7 Å². The third kappa shape index (κ3) is 3.16. The lowest BCUT2D eigenvalue weighted by molar-refractivity contribution is -0.0120. The predicted octanol–water partition coefficient (Wildman–Crippen LogP) is 0.0637. The van der Waals surface area contributed by atoms with Crippen LogP contribution in [0.2, 0.25) is 0 Å². The maximum atomic E-state index is 11.2. The summed E-state index contributed by atoms with van der Waals surface area (Å²) in [5.74, 6) is 0. The number of halogens is 1. The highest BCUT2D eigenvalue weighted by atomic mass is 79.9. The Morgan fingerprint density at radius 2 is 2.36 bits per heavy atom. The highest BCUT2D eigenvalue weighted by Crippen LogP contribution is 2.21. The number of rotatable bonds is 5. The molecule has 1 aliphatic heterocycles. The summed E-state index contributed by atoms with van der Waals surface area (Å²) in [6.45, 7) is 1.32. The molecule has 1 aliphatic rings. The van der Waals surface area contributed by atoms with Crippen LogP contribution in [0, 0.1) is 0 Å². The fourth-order valence-electron chi connectivity index (χ4n) is 1.24. The first kappa shape index (κ1) is 12.4. The van der Waals surface area contributed by atoms with Crippen LogP contribution in [0.1, 0.15) is 6.42 Å². The zero-order chi connectivity index (χ0) is 10.7. The van der Waals surface area contributed by atoms with Crippen LogP contribution in [0.5, 0.6) is 0 Å². The largest absolute Gasteiger partial charge is 0.378 e. The van der Waals surface area contributed by atoms with E-state index in [1.54, 1.807) is 7.11 Å². The van der Waals surface area contributed by atoms with E-state index in [4.69, 9.17) is 9.47 Å². The van der Waals surface area contributed by atoms with Gasteiger partial charge in [-0.15, -0.1) is 0 Å². The molecule has 1 heterocycles. The van der Waals surface area contributed by atoms with E-state index in [9.17, 15) is 8.42 Å². The number of nitrogens with one attached hydrogen (secondary N) is 1. The third-order valence-electron chi connectivity index (χ3n) is 2.26. The predicted molar refractivity (Wildman–Crippen MR) is 55.9 cm³/mol. The lowest BCUT2D eigenvalue weighted by Gasteiger charge is -2.25. The first-order valence-corrected chi connectivity index (χ1v) is 6.97. The van der Waals surface area contributed by atoms with Crippen LogP contribution in [0.3, 0.4) is 0 Å². The molecular weight excluding hydrogens is 274 g/mol. The summed E-state index contributed by atoms with van der Waals surface area (Å²) in [6.07, 6.45) is 0.717. The molecule has 1 unspecified atom stereocenters. The molecule has 0 aromatic carbocycles. The van der Waals surface area contributed by atoms with Crippen molar-refractivity contribution in [2.45, 2.75) is 12.0 Å². The molecule has 1 fully saturated rings. The number of sulfonamides is 1. The Morgan fingerprint density at radius 1 is 1.64 bits per heavy atom. The van der Waals surface area contributed by atoms with Crippen molar-refractivity contribution in [1.82, 2.24) is 4.72 Å². The molecule has 5 nitrogen and oxygen atoms in total. The second kappa shape index (κ2) is 4.89. The Bertz CT molecular complexity index is 273. The number of ether oxygens (including phenoxy) is 2. The lowest BCUT2D eigenvalue weighted by atomic mass is 10.0. The summed E-state index contributed by atoms with van der Waals surface area (Å²) in [6, 6.07) is 0. The van der Waals surface area contributed by atoms with E-state index >= 15 is 0 Å². The summed E-state index contributed by atoms with van der Waals surface area (Å²) in [5.41, 5.74) is -0.491. The summed E-state index contributed by atoms with van der Waals surface area (Å²) < 4.78 is 35.1. The molecule has 0 saturated carbocycles. The van der Waals surface area contributed by atoms with E-state index in [1.807, 2.05) is 0 Å². The highest BCUT2D eigenvalue weighted by molar-refractivity contribution is 9.10. The van der Waals surface area contributed by atoms with Gasteiger partial charge in [0.2, 0.25) is 10.0 Å². The van der Waals surface area contributed by atoms with Gasteiger partial charge in [-0.05, 0) is 0 Å². The standard InChI is InChI=1S/C7H14BrNO4S/c1-12-7(2-3-13-5-7)4-9-14(10,11)6-8/h9H,2-6H2,1H3. The van der Waals surface area contributed by atoms with Gasteiger partial charge in [0.1, 0.15) is 10.3 Å². The third-order valence-corrected chi connectivity index (χ3v) is 4.94. The zero-order valence-corrected chi connectivity index (χ0v) is 10.4. The smallest absolute Gasteiger partial charge is 0.221 e. The normalized spacial score (nSPS) is 28.1. The van der Waals surface area contributed by atoms with E-state index in [0.717, 1.165) is 0 Å². The van der Waals surface area contributed by atoms with E-state index in [0.29, 0.717) is 19.6 Å². The number of hydrogen-bond acceptors (Lipinski definition) is 4.